The molecule has 1 aliphatic rings. The molecule has 1 aromatic heterocycles. The number of hydrogen-bond donors (Lipinski definition) is 0. The third kappa shape index (κ3) is 2.15. The van der Waals surface area contributed by atoms with E-state index in [1.54, 1.807) is 0 Å². The molecule has 3 heteroatoms. The molecule has 1 fully saturated rings. The predicted octanol–water partition coefficient (Wildman–Crippen LogP) is 1.89. The molecule has 0 aromatic carbocycles. The lowest BCUT2D eigenvalue weighted by molar-refractivity contribution is -0.731. The molecular weight excluding hydrogens is 176 g/mol. The van der Waals surface area contributed by atoms with E-state index in [1.165, 1.54) is 25.7 Å². The quantitative estimate of drug-likeness (QED) is 0.632. The molecule has 1 saturated carbocycles. The fraction of sp³-hybridized carbons (Fsp3) is 0.727. The molecule has 2 unspecified atom stereocenters. The normalized spacial score (nSPS) is 27.0. The van der Waals surface area contributed by atoms with E-state index in [9.17, 15) is 0 Å². The standard InChI is InChI=1S/C11H19N2.H2O/c1-10-5-3-4-6-11(10)13-8-7-12(2)9-13;/h7-11H,3-6H2,1-2H3;1H2/q+1;/p-1. The van der Waals surface area contributed by atoms with Crippen LogP contribution in [-0.4, -0.2) is 10.0 Å². The molecule has 1 N–H and O–H groups in total. The monoisotopic (exact) mass is 196 g/mol. The first-order chi connectivity index (χ1) is 6.27. The molecule has 0 amide bonds. The zero-order chi connectivity index (χ0) is 9.26. The van der Waals surface area contributed by atoms with Crippen LogP contribution >= 0.6 is 0 Å². The van der Waals surface area contributed by atoms with Gasteiger partial charge in [-0.05, 0) is 25.2 Å². The topological polar surface area (TPSA) is 38.8 Å². The Kier molecular flexibility index (Phi) is 3.69. The molecule has 2 rings (SSSR count). The van der Waals surface area contributed by atoms with Gasteiger partial charge in [-0.1, -0.05) is 13.3 Å². The van der Waals surface area contributed by atoms with E-state index in [0.29, 0.717) is 0 Å². The summed E-state index contributed by atoms with van der Waals surface area (Å²) in [6.45, 7) is 2.38. The molecule has 0 bridgehead atoms. The summed E-state index contributed by atoms with van der Waals surface area (Å²) < 4.78 is 4.51. The highest BCUT2D eigenvalue weighted by atomic mass is 16.0. The van der Waals surface area contributed by atoms with Crippen molar-refractivity contribution in [2.75, 3.05) is 0 Å². The lowest BCUT2D eigenvalue weighted by Crippen LogP contribution is -2.42. The summed E-state index contributed by atoms with van der Waals surface area (Å²) in [6.07, 6.45) is 12.1. The van der Waals surface area contributed by atoms with Crippen molar-refractivity contribution in [3.05, 3.63) is 18.7 Å². The van der Waals surface area contributed by atoms with Gasteiger partial charge in [-0.2, -0.15) is 0 Å². The Morgan fingerprint density at radius 1 is 1.29 bits per heavy atom. The molecule has 3 nitrogen and oxygen atoms in total. The number of aromatic nitrogens is 2. The minimum absolute atomic E-state index is 0. The third-order valence-corrected chi connectivity index (χ3v) is 3.24. The maximum Gasteiger partial charge on any atom is 0.243 e. The van der Waals surface area contributed by atoms with Crippen molar-refractivity contribution in [1.82, 2.24) is 4.57 Å². The molecule has 1 aromatic rings. The fourth-order valence-electron chi connectivity index (χ4n) is 2.41. The highest BCUT2D eigenvalue weighted by Gasteiger charge is 2.26. The predicted molar refractivity (Wildman–Crippen MR) is 54.2 cm³/mol. The van der Waals surface area contributed by atoms with Gasteiger partial charge in [-0.25, -0.2) is 9.13 Å². The van der Waals surface area contributed by atoms with Crippen LogP contribution in [0, 0.1) is 5.92 Å². The van der Waals surface area contributed by atoms with Gasteiger partial charge in [0.2, 0.25) is 6.33 Å². The maximum atomic E-state index is 2.38. The molecule has 0 radical (unpaired) electrons. The highest BCUT2D eigenvalue weighted by Crippen LogP contribution is 2.29. The summed E-state index contributed by atoms with van der Waals surface area (Å²) in [5, 5.41) is 0. The molecule has 80 valence electrons. The molecule has 14 heavy (non-hydrogen) atoms. The first-order valence-electron chi connectivity index (χ1n) is 5.30. The van der Waals surface area contributed by atoms with Crippen molar-refractivity contribution in [1.29, 1.82) is 0 Å². The van der Waals surface area contributed by atoms with Gasteiger partial charge in [0, 0.05) is 0 Å². The molecule has 2 atom stereocenters. The van der Waals surface area contributed by atoms with Crippen LogP contribution in [0.25, 0.3) is 0 Å². The number of hydrogen-bond acceptors (Lipinski definition) is 1. The molecular formula is C11H20N2O. The summed E-state index contributed by atoms with van der Waals surface area (Å²) in [5.41, 5.74) is 0. The Hall–Kier alpha value is -0.830. The summed E-state index contributed by atoms with van der Waals surface area (Å²) >= 11 is 0. The van der Waals surface area contributed by atoms with Gasteiger partial charge in [-0.3, -0.25) is 0 Å². The van der Waals surface area contributed by atoms with E-state index in [4.69, 9.17) is 0 Å². The number of nitrogens with zero attached hydrogens (tertiary/aromatic N) is 2. The van der Waals surface area contributed by atoms with Gasteiger partial charge in [0.1, 0.15) is 18.4 Å². The van der Waals surface area contributed by atoms with Crippen molar-refractivity contribution in [2.24, 2.45) is 13.0 Å². The van der Waals surface area contributed by atoms with Crippen molar-refractivity contribution >= 4 is 0 Å². The molecule has 1 heterocycles. The Balaban J connectivity index is 0.000000980. The summed E-state index contributed by atoms with van der Waals surface area (Å²) in [4.78, 5) is 0. The van der Waals surface area contributed by atoms with Crippen molar-refractivity contribution in [3.63, 3.8) is 0 Å². The smallest absolute Gasteiger partial charge is 0.243 e. The zero-order valence-electron chi connectivity index (χ0n) is 9.06. The van der Waals surface area contributed by atoms with Crippen LogP contribution in [0.1, 0.15) is 38.6 Å². The van der Waals surface area contributed by atoms with Crippen molar-refractivity contribution in [2.45, 2.75) is 38.6 Å². The Bertz CT molecular complexity index is 283. The van der Waals surface area contributed by atoms with E-state index in [-0.39, 0.29) is 5.48 Å². The van der Waals surface area contributed by atoms with Crippen LogP contribution in [0.15, 0.2) is 18.7 Å². The number of aryl methyl sites for hydroxylation is 1. The molecule has 0 saturated heterocycles. The van der Waals surface area contributed by atoms with Gasteiger partial charge in [0.15, 0.2) is 0 Å². The van der Waals surface area contributed by atoms with Gasteiger partial charge in [0.05, 0.1) is 7.05 Å². The Morgan fingerprint density at radius 2 is 2.00 bits per heavy atom. The van der Waals surface area contributed by atoms with Crippen LogP contribution in [-0.2, 0) is 7.05 Å². The lowest BCUT2D eigenvalue weighted by atomic mass is 9.86. The Morgan fingerprint density at radius 3 is 2.57 bits per heavy atom. The molecule has 1 aliphatic carbocycles. The third-order valence-electron chi connectivity index (χ3n) is 3.24. The second-order valence-electron chi connectivity index (χ2n) is 4.36. The number of imidazole rings is 1. The van der Waals surface area contributed by atoms with Gasteiger partial charge in [0.25, 0.3) is 0 Å². The minimum Gasteiger partial charge on any atom is -0.870 e. The second-order valence-corrected chi connectivity index (χ2v) is 4.36. The van der Waals surface area contributed by atoms with Crippen molar-refractivity contribution in [3.8, 4) is 0 Å². The highest BCUT2D eigenvalue weighted by molar-refractivity contribution is 4.71. The first-order valence-corrected chi connectivity index (χ1v) is 5.30. The van der Waals surface area contributed by atoms with Crippen LogP contribution in [0.5, 0.6) is 0 Å². The van der Waals surface area contributed by atoms with Crippen LogP contribution < -0.4 is 4.57 Å². The van der Waals surface area contributed by atoms with E-state index in [0.717, 1.165) is 12.0 Å². The van der Waals surface area contributed by atoms with Crippen LogP contribution in [0.2, 0.25) is 0 Å². The SMILES string of the molecule is CC1CCCCC1[n+]1ccn(C)c1.[OH-]. The van der Waals surface area contributed by atoms with Crippen molar-refractivity contribution < 1.29 is 10.0 Å². The van der Waals surface area contributed by atoms with E-state index in [2.05, 4.69) is 41.8 Å². The number of rotatable bonds is 1. The first kappa shape index (κ1) is 11.2. The summed E-state index contributed by atoms with van der Waals surface area (Å²) in [7, 11) is 2.09. The second kappa shape index (κ2) is 4.60. The summed E-state index contributed by atoms with van der Waals surface area (Å²) in [6, 6.07) is 0.745. The van der Waals surface area contributed by atoms with Gasteiger partial charge < -0.3 is 5.48 Å². The Labute approximate surface area is 85.7 Å². The molecule has 0 spiro atoms. The lowest BCUT2D eigenvalue weighted by Gasteiger charge is -2.25. The van der Waals surface area contributed by atoms with Gasteiger partial charge >= 0.3 is 0 Å². The fourth-order valence-corrected chi connectivity index (χ4v) is 2.41. The van der Waals surface area contributed by atoms with E-state index in [1.807, 2.05) is 0 Å². The van der Waals surface area contributed by atoms with E-state index < -0.39 is 0 Å². The largest absolute Gasteiger partial charge is 0.870 e. The summed E-state index contributed by atoms with van der Waals surface area (Å²) in [5.74, 6) is 0.848. The van der Waals surface area contributed by atoms with Crippen LogP contribution in [0.4, 0.5) is 0 Å². The average molecular weight is 196 g/mol. The van der Waals surface area contributed by atoms with Crippen LogP contribution in [0.3, 0.4) is 0 Å². The van der Waals surface area contributed by atoms with Gasteiger partial charge in [-0.15, -0.1) is 0 Å². The zero-order valence-corrected chi connectivity index (χ0v) is 9.06. The molecule has 0 aliphatic heterocycles. The average Bonchev–Trinajstić information content (AvgIpc) is 2.53. The van der Waals surface area contributed by atoms with E-state index >= 15 is 0 Å². The minimum atomic E-state index is 0. The maximum absolute atomic E-state index is 2.38.